The molecule has 0 spiro atoms. The van der Waals surface area contributed by atoms with Gasteiger partial charge >= 0.3 is 6.09 Å². The molecule has 3 heterocycles. The smallest absolute Gasteiger partial charge is 0.407 e. The normalized spacial score (nSPS) is 18.3. The Balaban J connectivity index is 1.35. The lowest BCUT2D eigenvalue weighted by Gasteiger charge is -2.27. The van der Waals surface area contributed by atoms with Crippen molar-refractivity contribution in [3.63, 3.8) is 0 Å². The first-order valence-electron chi connectivity index (χ1n) is 9.70. The van der Waals surface area contributed by atoms with E-state index in [-0.39, 0.29) is 17.9 Å². The average Bonchev–Trinajstić information content (AvgIpc) is 3.34. The van der Waals surface area contributed by atoms with Crippen LogP contribution in [-0.4, -0.2) is 37.9 Å². The first-order chi connectivity index (χ1) is 14.6. The lowest BCUT2D eigenvalue weighted by Crippen LogP contribution is -2.49. The van der Waals surface area contributed by atoms with E-state index in [0.717, 1.165) is 34.6 Å². The van der Waals surface area contributed by atoms with Gasteiger partial charge in [0.1, 0.15) is 11.1 Å². The topological polar surface area (TPSA) is 100 Å². The molecule has 0 aromatic carbocycles. The van der Waals surface area contributed by atoms with Gasteiger partial charge in [0.15, 0.2) is 0 Å². The number of thiophene rings is 2. The maximum absolute atomic E-state index is 12.3. The second-order valence-electron chi connectivity index (χ2n) is 7.24. The fourth-order valence-electron chi connectivity index (χ4n) is 3.42. The van der Waals surface area contributed by atoms with Gasteiger partial charge in [-0.3, -0.25) is 4.79 Å². The minimum atomic E-state index is -0.413. The molecule has 2 amide bonds. The van der Waals surface area contributed by atoms with Crippen LogP contribution in [-0.2, 0) is 27.1 Å². The SMILES string of the molecule is N#Cc1c(NC(=O)/C=C/c2cccs2)sc2c1CCC(COC(=O)NC1COC1)C2. The quantitative estimate of drug-likeness (QED) is 0.665. The Labute approximate surface area is 182 Å². The fourth-order valence-corrected chi connectivity index (χ4v) is 5.35. The Morgan fingerprint density at radius 2 is 2.27 bits per heavy atom. The molecular formula is C21H21N3O4S2. The van der Waals surface area contributed by atoms with Gasteiger partial charge in [-0.25, -0.2) is 4.79 Å². The standard InChI is InChI=1S/C21H21N3O4S2/c22-9-17-16-5-3-13(10-28-21(26)23-14-11-27-12-14)8-18(16)30-20(17)24-19(25)6-4-15-2-1-7-29-15/h1-2,4,6-7,13-14H,3,5,8,10-12H2,(H,23,26)(H,24,25)/b6-4+. The third-order valence-corrected chi connectivity index (χ3v) is 7.08. The molecule has 0 radical (unpaired) electrons. The van der Waals surface area contributed by atoms with Gasteiger partial charge in [0.25, 0.3) is 0 Å². The van der Waals surface area contributed by atoms with Crippen LogP contribution < -0.4 is 10.6 Å². The van der Waals surface area contributed by atoms with Crippen LogP contribution in [0.25, 0.3) is 6.08 Å². The van der Waals surface area contributed by atoms with Gasteiger partial charge < -0.3 is 20.1 Å². The summed E-state index contributed by atoms with van der Waals surface area (Å²) in [5.41, 5.74) is 1.56. The van der Waals surface area contributed by atoms with Crippen molar-refractivity contribution in [3.05, 3.63) is 44.5 Å². The van der Waals surface area contributed by atoms with E-state index >= 15 is 0 Å². The van der Waals surface area contributed by atoms with Crippen molar-refractivity contribution < 1.29 is 19.1 Å². The Hall–Kier alpha value is -2.67. The first kappa shape index (κ1) is 20.6. The number of fused-ring (bicyclic) bond motifs is 1. The lowest BCUT2D eigenvalue weighted by molar-refractivity contribution is -0.111. The molecule has 0 saturated carbocycles. The van der Waals surface area contributed by atoms with Gasteiger partial charge in [0.2, 0.25) is 5.91 Å². The zero-order chi connectivity index (χ0) is 20.9. The minimum absolute atomic E-state index is 0.0472. The monoisotopic (exact) mass is 443 g/mol. The number of nitrogens with zero attached hydrogens (tertiary/aromatic N) is 1. The molecule has 30 heavy (non-hydrogen) atoms. The summed E-state index contributed by atoms with van der Waals surface area (Å²) >= 11 is 2.99. The van der Waals surface area contributed by atoms with Crippen molar-refractivity contribution in [2.45, 2.75) is 25.3 Å². The molecule has 1 fully saturated rings. The van der Waals surface area contributed by atoms with E-state index in [1.807, 2.05) is 17.5 Å². The predicted octanol–water partition coefficient (Wildman–Crippen LogP) is 3.56. The molecule has 156 valence electrons. The molecule has 1 aliphatic carbocycles. The van der Waals surface area contributed by atoms with E-state index < -0.39 is 6.09 Å². The van der Waals surface area contributed by atoms with Crippen LogP contribution in [0.4, 0.5) is 9.80 Å². The van der Waals surface area contributed by atoms with Gasteiger partial charge in [-0.2, -0.15) is 5.26 Å². The van der Waals surface area contributed by atoms with Crippen LogP contribution in [0.5, 0.6) is 0 Å². The lowest BCUT2D eigenvalue weighted by atomic mass is 9.88. The summed E-state index contributed by atoms with van der Waals surface area (Å²) in [5, 5.41) is 17.8. The van der Waals surface area contributed by atoms with Crippen LogP contribution in [0.1, 0.15) is 27.3 Å². The van der Waals surface area contributed by atoms with Crippen LogP contribution in [0.15, 0.2) is 23.6 Å². The molecule has 9 heteroatoms. The van der Waals surface area contributed by atoms with E-state index in [0.29, 0.717) is 30.4 Å². The highest BCUT2D eigenvalue weighted by molar-refractivity contribution is 7.16. The number of carbonyl (C=O) groups excluding carboxylic acids is 2. The number of anilines is 1. The molecule has 2 aromatic rings. The second-order valence-corrected chi connectivity index (χ2v) is 9.33. The highest BCUT2D eigenvalue weighted by atomic mass is 32.1. The van der Waals surface area contributed by atoms with Gasteiger partial charge in [0.05, 0.1) is 31.4 Å². The largest absolute Gasteiger partial charge is 0.449 e. The molecule has 2 aliphatic rings. The van der Waals surface area contributed by atoms with E-state index in [9.17, 15) is 14.9 Å². The summed E-state index contributed by atoms with van der Waals surface area (Å²) in [4.78, 5) is 26.2. The molecule has 1 saturated heterocycles. The molecule has 2 N–H and O–H groups in total. The van der Waals surface area contributed by atoms with Crippen molar-refractivity contribution in [1.82, 2.24) is 5.32 Å². The van der Waals surface area contributed by atoms with Gasteiger partial charge in [0, 0.05) is 15.8 Å². The maximum Gasteiger partial charge on any atom is 0.407 e. The molecule has 1 atom stereocenters. The Morgan fingerprint density at radius 1 is 1.40 bits per heavy atom. The average molecular weight is 444 g/mol. The number of nitrogens with one attached hydrogen (secondary N) is 2. The van der Waals surface area contributed by atoms with Crippen molar-refractivity contribution in [1.29, 1.82) is 5.26 Å². The van der Waals surface area contributed by atoms with Crippen molar-refractivity contribution >= 4 is 45.8 Å². The number of carbonyl (C=O) groups is 2. The number of hydrogen-bond acceptors (Lipinski definition) is 7. The van der Waals surface area contributed by atoms with Crippen molar-refractivity contribution in [3.8, 4) is 6.07 Å². The maximum atomic E-state index is 12.3. The highest BCUT2D eigenvalue weighted by Gasteiger charge is 2.28. The number of alkyl carbamates (subject to hydrolysis) is 1. The Bertz CT molecular complexity index is 987. The Morgan fingerprint density at radius 3 is 2.97 bits per heavy atom. The number of rotatable bonds is 6. The van der Waals surface area contributed by atoms with Crippen LogP contribution >= 0.6 is 22.7 Å². The zero-order valence-electron chi connectivity index (χ0n) is 16.2. The van der Waals surface area contributed by atoms with E-state index in [1.54, 1.807) is 17.4 Å². The fraction of sp³-hybridized carbons (Fsp3) is 0.381. The summed E-state index contributed by atoms with van der Waals surface area (Å²) in [5.74, 6) is -0.0524. The third kappa shape index (κ3) is 4.90. The van der Waals surface area contributed by atoms with Crippen molar-refractivity contribution in [2.24, 2.45) is 5.92 Å². The summed E-state index contributed by atoms with van der Waals surface area (Å²) in [7, 11) is 0. The second kappa shape index (κ2) is 9.43. The van der Waals surface area contributed by atoms with Gasteiger partial charge in [-0.05, 0) is 48.3 Å². The summed E-state index contributed by atoms with van der Waals surface area (Å²) in [6.07, 6.45) is 5.13. The molecule has 7 nitrogen and oxygen atoms in total. The Kier molecular flexibility index (Phi) is 6.47. The van der Waals surface area contributed by atoms with E-state index in [1.165, 1.54) is 17.4 Å². The van der Waals surface area contributed by atoms with E-state index in [4.69, 9.17) is 9.47 Å². The minimum Gasteiger partial charge on any atom is -0.449 e. The molecular weight excluding hydrogens is 422 g/mol. The first-order valence-corrected chi connectivity index (χ1v) is 11.4. The predicted molar refractivity (Wildman–Crippen MR) is 116 cm³/mol. The number of ether oxygens (including phenoxy) is 2. The number of amides is 2. The van der Waals surface area contributed by atoms with Crippen LogP contribution in [0.3, 0.4) is 0 Å². The molecule has 2 aromatic heterocycles. The van der Waals surface area contributed by atoms with Crippen LogP contribution in [0, 0.1) is 17.2 Å². The summed E-state index contributed by atoms with van der Waals surface area (Å²) < 4.78 is 10.4. The van der Waals surface area contributed by atoms with Crippen molar-refractivity contribution in [2.75, 3.05) is 25.1 Å². The van der Waals surface area contributed by atoms with Crippen LogP contribution in [0.2, 0.25) is 0 Å². The molecule has 4 rings (SSSR count). The molecule has 1 unspecified atom stereocenters. The molecule has 1 aliphatic heterocycles. The molecule has 0 bridgehead atoms. The number of nitriles is 1. The van der Waals surface area contributed by atoms with E-state index in [2.05, 4.69) is 16.7 Å². The summed E-state index contributed by atoms with van der Waals surface area (Å²) in [6, 6.07) is 6.15. The zero-order valence-corrected chi connectivity index (χ0v) is 17.8. The van der Waals surface area contributed by atoms with Gasteiger partial charge in [-0.15, -0.1) is 22.7 Å². The van der Waals surface area contributed by atoms with Gasteiger partial charge in [-0.1, -0.05) is 6.07 Å². The number of hydrogen-bond donors (Lipinski definition) is 2. The third-order valence-electron chi connectivity index (χ3n) is 5.07. The summed E-state index contributed by atoms with van der Waals surface area (Å²) in [6.45, 7) is 1.40. The highest BCUT2D eigenvalue weighted by Crippen LogP contribution is 2.39.